The smallest absolute Gasteiger partial charge is 0.407 e. The minimum Gasteiger partial charge on any atom is -0.465 e. The van der Waals surface area contributed by atoms with E-state index in [0.29, 0.717) is 30.2 Å². The molecule has 2 bridgehead atoms. The third-order valence-corrected chi connectivity index (χ3v) is 7.66. The summed E-state index contributed by atoms with van der Waals surface area (Å²) in [5, 5.41) is 16.1. The fraction of sp³-hybridized carbons (Fsp3) is 0.652. The molecule has 2 aliphatic rings. The zero-order valence-corrected chi connectivity index (χ0v) is 19.9. The molecule has 0 atom stereocenters. The van der Waals surface area contributed by atoms with Crippen molar-refractivity contribution < 1.29 is 14.7 Å². The Hall–Kier alpha value is -1.60. The maximum absolute atomic E-state index is 12.9. The van der Waals surface area contributed by atoms with Crippen molar-refractivity contribution >= 4 is 41.1 Å². The Morgan fingerprint density at radius 3 is 2.68 bits per heavy atom. The van der Waals surface area contributed by atoms with Crippen LogP contribution < -0.4 is 10.6 Å². The van der Waals surface area contributed by atoms with Gasteiger partial charge in [0.15, 0.2) is 0 Å². The Bertz CT molecular complexity index is 766. The Morgan fingerprint density at radius 1 is 1.26 bits per heavy atom. The standard InChI is InChI=1S/C23H34ClN3O3S/c1-31-13-12-27(22(29)30)11-10-25-18-6-7-20(24)19(14-18)21(28)26-16-23-8-2-4-17(15-23)5-3-9-23/h6-7,14,17,25H,2-5,8-13,15-16H2,1H3,(H,26,28)(H,29,30). The number of halogens is 1. The highest BCUT2D eigenvalue weighted by atomic mass is 35.5. The van der Waals surface area contributed by atoms with Gasteiger partial charge in [-0.15, -0.1) is 0 Å². The minimum absolute atomic E-state index is 0.136. The van der Waals surface area contributed by atoms with Gasteiger partial charge in [0.05, 0.1) is 10.6 Å². The van der Waals surface area contributed by atoms with E-state index >= 15 is 0 Å². The average molecular weight is 468 g/mol. The number of carbonyl (C=O) groups is 2. The molecule has 3 N–H and O–H groups in total. The second-order valence-corrected chi connectivity index (χ2v) is 10.3. The lowest BCUT2D eigenvalue weighted by molar-refractivity contribution is 0.0682. The summed E-state index contributed by atoms with van der Waals surface area (Å²) in [6.45, 7) is 2.06. The fourth-order valence-electron chi connectivity index (χ4n) is 5.08. The summed E-state index contributed by atoms with van der Waals surface area (Å²) in [6.07, 6.45) is 9.90. The van der Waals surface area contributed by atoms with Gasteiger partial charge >= 0.3 is 6.09 Å². The Balaban J connectivity index is 1.55. The third kappa shape index (κ3) is 6.69. The van der Waals surface area contributed by atoms with Gasteiger partial charge in [-0.25, -0.2) is 4.79 Å². The monoisotopic (exact) mass is 467 g/mol. The number of thioether (sulfide) groups is 1. The predicted molar refractivity (Wildman–Crippen MR) is 128 cm³/mol. The number of carbonyl (C=O) groups excluding carboxylic acids is 1. The molecule has 6 nitrogen and oxygen atoms in total. The number of hydrogen-bond acceptors (Lipinski definition) is 4. The summed E-state index contributed by atoms with van der Waals surface area (Å²) in [5.41, 5.74) is 1.48. The topological polar surface area (TPSA) is 81.7 Å². The van der Waals surface area contributed by atoms with Gasteiger partial charge < -0.3 is 20.6 Å². The van der Waals surface area contributed by atoms with Crippen LogP contribution in [-0.2, 0) is 0 Å². The summed E-state index contributed by atoms with van der Waals surface area (Å²) < 4.78 is 0. The lowest BCUT2D eigenvalue weighted by Crippen LogP contribution is -2.43. The van der Waals surface area contributed by atoms with Gasteiger partial charge in [0.2, 0.25) is 0 Å². The summed E-state index contributed by atoms with van der Waals surface area (Å²) in [5.74, 6) is 1.46. The number of anilines is 1. The van der Waals surface area contributed by atoms with Crippen molar-refractivity contribution in [2.45, 2.75) is 44.9 Å². The van der Waals surface area contributed by atoms with Crippen LogP contribution in [0.1, 0.15) is 55.3 Å². The van der Waals surface area contributed by atoms with Crippen LogP contribution in [0.2, 0.25) is 5.02 Å². The van der Waals surface area contributed by atoms with E-state index < -0.39 is 6.09 Å². The summed E-state index contributed by atoms with van der Waals surface area (Å²) in [7, 11) is 0. The predicted octanol–water partition coefficient (Wildman–Crippen LogP) is 5.19. The lowest BCUT2D eigenvalue weighted by atomic mass is 9.62. The van der Waals surface area contributed by atoms with Crippen molar-refractivity contribution in [1.29, 1.82) is 0 Å². The van der Waals surface area contributed by atoms with Gasteiger partial charge in [-0.2, -0.15) is 11.8 Å². The molecule has 172 valence electrons. The molecular weight excluding hydrogens is 434 g/mol. The number of fused-ring (bicyclic) bond motifs is 2. The molecule has 8 heteroatoms. The van der Waals surface area contributed by atoms with Gasteiger partial charge in [0, 0.05) is 37.6 Å². The maximum atomic E-state index is 12.9. The molecule has 2 fully saturated rings. The quantitative estimate of drug-likeness (QED) is 0.441. The van der Waals surface area contributed by atoms with Crippen LogP contribution in [0.5, 0.6) is 0 Å². The number of benzene rings is 1. The first-order chi connectivity index (χ1) is 14.9. The molecule has 0 radical (unpaired) electrons. The number of nitrogens with one attached hydrogen (secondary N) is 2. The van der Waals surface area contributed by atoms with Crippen molar-refractivity contribution in [3.63, 3.8) is 0 Å². The number of hydrogen-bond donors (Lipinski definition) is 3. The number of amides is 2. The van der Waals surface area contributed by atoms with E-state index in [0.717, 1.165) is 23.9 Å². The van der Waals surface area contributed by atoms with Crippen LogP contribution in [0.25, 0.3) is 0 Å². The van der Waals surface area contributed by atoms with Crippen LogP contribution in [0.3, 0.4) is 0 Å². The summed E-state index contributed by atoms with van der Waals surface area (Å²) in [6, 6.07) is 5.29. The Kier molecular flexibility index (Phi) is 8.78. The molecule has 2 amide bonds. The SMILES string of the molecule is CSCCN(CCNc1ccc(Cl)c(C(=O)NCC23CCCC(CCC2)C3)c1)C(=O)O. The highest BCUT2D eigenvalue weighted by molar-refractivity contribution is 7.98. The van der Waals surface area contributed by atoms with Crippen LogP contribution in [0.4, 0.5) is 10.5 Å². The first kappa shape index (κ1) is 24.1. The fourth-order valence-corrected chi connectivity index (χ4v) is 5.69. The Morgan fingerprint density at radius 2 is 2.00 bits per heavy atom. The zero-order valence-electron chi connectivity index (χ0n) is 18.3. The van der Waals surface area contributed by atoms with E-state index in [2.05, 4.69) is 10.6 Å². The summed E-state index contributed by atoms with van der Waals surface area (Å²) in [4.78, 5) is 25.6. The minimum atomic E-state index is -0.918. The van der Waals surface area contributed by atoms with Crippen molar-refractivity contribution in [3.8, 4) is 0 Å². The van der Waals surface area contributed by atoms with E-state index in [1.54, 1.807) is 23.9 Å². The lowest BCUT2D eigenvalue weighted by Gasteiger charge is -2.45. The van der Waals surface area contributed by atoms with Gasteiger partial charge in [-0.3, -0.25) is 4.79 Å². The van der Waals surface area contributed by atoms with Gasteiger partial charge in [0.1, 0.15) is 0 Å². The maximum Gasteiger partial charge on any atom is 0.407 e. The molecule has 0 spiro atoms. The number of rotatable bonds is 10. The van der Waals surface area contributed by atoms with E-state index in [1.807, 2.05) is 12.3 Å². The van der Waals surface area contributed by atoms with Gasteiger partial charge in [0.25, 0.3) is 5.91 Å². The van der Waals surface area contributed by atoms with E-state index in [-0.39, 0.29) is 11.3 Å². The molecule has 0 aromatic heterocycles. The second-order valence-electron chi connectivity index (χ2n) is 8.92. The number of carboxylic acid groups (broad SMARTS) is 1. The van der Waals surface area contributed by atoms with Crippen molar-refractivity contribution in [3.05, 3.63) is 28.8 Å². The van der Waals surface area contributed by atoms with Crippen LogP contribution >= 0.6 is 23.4 Å². The first-order valence-corrected chi connectivity index (χ1v) is 13.0. The zero-order chi connectivity index (χ0) is 22.3. The molecule has 2 aliphatic carbocycles. The highest BCUT2D eigenvalue weighted by Crippen LogP contribution is 2.48. The van der Waals surface area contributed by atoms with Crippen LogP contribution in [-0.4, -0.2) is 60.2 Å². The van der Waals surface area contributed by atoms with E-state index in [9.17, 15) is 14.7 Å². The first-order valence-electron chi connectivity index (χ1n) is 11.2. The molecule has 3 rings (SSSR count). The molecule has 31 heavy (non-hydrogen) atoms. The highest BCUT2D eigenvalue weighted by Gasteiger charge is 2.39. The molecule has 0 aliphatic heterocycles. The molecular formula is C23H34ClN3O3S. The molecule has 1 aromatic rings. The average Bonchev–Trinajstić information content (AvgIpc) is 2.75. The second kappa shape index (κ2) is 11.3. The normalized spacial score (nSPS) is 22.6. The molecule has 0 unspecified atom stereocenters. The van der Waals surface area contributed by atoms with Crippen molar-refractivity contribution in [1.82, 2.24) is 10.2 Å². The molecule has 1 aromatic carbocycles. The van der Waals surface area contributed by atoms with E-state index in [1.165, 1.54) is 49.8 Å². The Labute approximate surface area is 194 Å². The largest absolute Gasteiger partial charge is 0.465 e. The van der Waals surface area contributed by atoms with Crippen LogP contribution in [0.15, 0.2) is 18.2 Å². The van der Waals surface area contributed by atoms with Crippen molar-refractivity contribution in [2.75, 3.05) is 43.5 Å². The third-order valence-electron chi connectivity index (χ3n) is 6.74. The summed E-state index contributed by atoms with van der Waals surface area (Å²) >= 11 is 7.94. The van der Waals surface area contributed by atoms with Gasteiger partial charge in [-0.1, -0.05) is 37.3 Å². The van der Waals surface area contributed by atoms with Gasteiger partial charge in [-0.05, 0) is 55.1 Å². The molecule has 0 saturated heterocycles. The van der Waals surface area contributed by atoms with E-state index in [4.69, 9.17) is 11.6 Å². The molecule has 0 heterocycles. The molecule has 2 saturated carbocycles. The van der Waals surface area contributed by atoms with Crippen molar-refractivity contribution in [2.24, 2.45) is 11.3 Å². The van der Waals surface area contributed by atoms with Crippen LogP contribution in [0, 0.1) is 11.3 Å². The number of nitrogens with zero attached hydrogens (tertiary/aromatic N) is 1.